The highest BCUT2D eigenvalue weighted by atomic mass is 16.1. The van der Waals surface area contributed by atoms with Gasteiger partial charge in [0.2, 0.25) is 0 Å². The van der Waals surface area contributed by atoms with E-state index >= 15 is 0 Å². The van der Waals surface area contributed by atoms with Gasteiger partial charge in [0, 0.05) is 28.6 Å². The van der Waals surface area contributed by atoms with Crippen molar-refractivity contribution in [1.82, 2.24) is 4.98 Å². The van der Waals surface area contributed by atoms with E-state index in [9.17, 15) is 4.79 Å². The Balaban J connectivity index is 2.06. The van der Waals surface area contributed by atoms with Gasteiger partial charge in [-0.2, -0.15) is 0 Å². The number of hydrogen-bond acceptors (Lipinski definition) is 1. The average Bonchev–Trinajstić information content (AvgIpc) is 2.89. The number of hydrogen-bond donors (Lipinski definition) is 1. The van der Waals surface area contributed by atoms with Gasteiger partial charge < -0.3 is 4.98 Å². The molecular weight excluding hydrogens is 270 g/mol. The molecule has 2 heteroatoms. The Morgan fingerprint density at radius 3 is 2.32 bits per heavy atom. The Bertz CT molecular complexity index is 950. The van der Waals surface area contributed by atoms with Crippen LogP contribution in [-0.4, -0.2) is 10.8 Å². The van der Waals surface area contributed by atoms with Crippen molar-refractivity contribution >= 4 is 16.6 Å². The van der Waals surface area contributed by atoms with Gasteiger partial charge in [-0.05, 0) is 29.3 Å². The summed E-state index contributed by atoms with van der Waals surface area (Å²) in [6, 6.07) is 19.7. The van der Waals surface area contributed by atoms with Gasteiger partial charge in [0.15, 0.2) is 5.78 Å². The van der Waals surface area contributed by atoms with E-state index in [-0.39, 0.29) is 5.78 Å². The molecule has 0 saturated carbocycles. The fraction of sp³-hybridized carbons (Fsp3) is 0.0500. The van der Waals surface area contributed by atoms with Crippen molar-refractivity contribution in [3.05, 3.63) is 83.7 Å². The van der Waals surface area contributed by atoms with Crippen molar-refractivity contribution in [2.75, 3.05) is 0 Å². The van der Waals surface area contributed by atoms with E-state index in [1.54, 1.807) is 0 Å². The Labute approximate surface area is 128 Å². The van der Waals surface area contributed by atoms with Crippen LogP contribution in [0.1, 0.15) is 21.6 Å². The lowest BCUT2D eigenvalue weighted by molar-refractivity contribution is 0.104. The molecule has 4 rings (SSSR count). The Hall–Kier alpha value is -2.87. The molecule has 2 aliphatic rings. The first-order chi connectivity index (χ1) is 10.8. The second kappa shape index (κ2) is 4.85. The van der Waals surface area contributed by atoms with E-state index in [0.29, 0.717) is 0 Å². The van der Waals surface area contributed by atoms with E-state index in [4.69, 9.17) is 0 Å². The molecule has 2 aromatic rings. The molecular formula is C20H15NO. The molecule has 22 heavy (non-hydrogen) atoms. The van der Waals surface area contributed by atoms with Crippen LogP contribution in [0.25, 0.3) is 21.9 Å². The van der Waals surface area contributed by atoms with E-state index in [1.807, 2.05) is 61.7 Å². The molecule has 0 atom stereocenters. The molecule has 0 aromatic heterocycles. The van der Waals surface area contributed by atoms with Gasteiger partial charge in [0.05, 0.1) is 0 Å². The molecule has 106 valence electrons. The normalized spacial score (nSPS) is 11.1. The molecule has 2 nitrogen and oxygen atoms in total. The number of aromatic nitrogens is 1. The van der Waals surface area contributed by atoms with Crippen LogP contribution in [0.3, 0.4) is 0 Å². The van der Waals surface area contributed by atoms with Crippen LogP contribution in [0.2, 0.25) is 0 Å². The average molecular weight is 285 g/mol. The number of rotatable bonds is 2. The standard InChI is InChI=1S/C20H15NO/c1-13-11-17-15-9-5-6-10-16(15)19(18(17)12-21-13)20(22)14-7-3-2-4-8-14/h2-12,21H,1H3. The minimum absolute atomic E-state index is 0.0732. The van der Waals surface area contributed by atoms with Gasteiger partial charge in [-0.15, -0.1) is 0 Å². The predicted octanol–water partition coefficient (Wildman–Crippen LogP) is 4.81. The molecule has 1 aliphatic carbocycles. The zero-order valence-electron chi connectivity index (χ0n) is 12.3. The van der Waals surface area contributed by atoms with Crippen molar-refractivity contribution < 1.29 is 4.79 Å². The molecule has 0 bridgehead atoms. The third-order valence-corrected chi connectivity index (χ3v) is 4.11. The van der Waals surface area contributed by atoms with E-state index in [0.717, 1.165) is 38.7 Å². The molecule has 0 amide bonds. The lowest BCUT2D eigenvalue weighted by Gasteiger charge is -2.05. The van der Waals surface area contributed by atoms with Gasteiger partial charge >= 0.3 is 0 Å². The van der Waals surface area contributed by atoms with Crippen LogP contribution < -0.4 is 0 Å². The van der Waals surface area contributed by atoms with Gasteiger partial charge in [-0.25, -0.2) is 0 Å². The number of carbonyl (C=O) groups excluding carboxylic acids is 1. The summed E-state index contributed by atoms with van der Waals surface area (Å²) < 4.78 is 0. The highest BCUT2D eigenvalue weighted by Crippen LogP contribution is 2.39. The predicted molar refractivity (Wildman–Crippen MR) is 89.5 cm³/mol. The number of H-pyrrole nitrogens is 1. The molecule has 0 saturated heterocycles. The van der Waals surface area contributed by atoms with E-state index in [1.165, 1.54) is 0 Å². The van der Waals surface area contributed by atoms with Crippen LogP contribution in [0.5, 0.6) is 0 Å². The van der Waals surface area contributed by atoms with Crippen molar-refractivity contribution in [2.45, 2.75) is 6.92 Å². The molecule has 1 aliphatic heterocycles. The lowest BCUT2D eigenvalue weighted by atomic mass is 9.99. The summed E-state index contributed by atoms with van der Waals surface area (Å²) in [6.07, 6.45) is 1.95. The lowest BCUT2D eigenvalue weighted by Crippen LogP contribution is -2.01. The number of carbonyl (C=O) groups is 1. The minimum Gasteiger partial charge on any atom is -0.365 e. The van der Waals surface area contributed by atoms with E-state index in [2.05, 4.69) is 17.1 Å². The molecule has 1 N–H and O–H groups in total. The quantitative estimate of drug-likeness (QED) is 0.527. The molecule has 2 aromatic carbocycles. The molecule has 0 unspecified atom stereocenters. The van der Waals surface area contributed by atoms with Crippen molar-refractivity contribution in [3.8, 4) is 11.1 Å². The summed E-state index contributed by atoms with van der Waals surface area (Å²) >= 11 is 0. The number of nitrogens with one attached hydrogen (secondary N) is 1. The highest BCUT2D eigenvalue weighted by molar-refractivity contribution is 6.24. The van der Waals surface area contributed by atoms with Crippen LogP contribution >= 0.6 is 0 Å². The number of aryl methyl sites for hydroxylation is 1. The highest BCUT2D eigenvalue weighted by Gasteiger charge is 2.23. The molecule has 0 spiro atoms. The summed E-state index contributed by atoms with van der Waals surface area (Å²) in [5, 5.41) is 2.15. The SMILES string of the molecule is Cc1cc2c3ccccc3c(C(=O)c3ccccc3)c-2c[nH]1. The zero-order chi connectivity index (χ0) is 15.1. The van der Waals surface area contributed by atoms with Crippen LogP contribution in [0, 0.1) is 6.92 Å². The molecule has 0 fully saturated rings. The van der Waals surface area contributed by atoms with Crippen LogP contribution in [0.15, 0.2) is 66.9 Å². The smallest absolute Gasteiger partial charge is 0.194 e. The summed E-state index contributed by atoms with van der Waals surface area (Å²) in [5.41, 5.74) is 4.71. The second-order valence-corrected chi connectivity index (χ2v) is 5.56. The largest absolute Gasteiger partial charge is 0.365 e. The number of aromatic amines is 1. The first-order valence-electron chi connectivity index (χ1n) is 7.35. The van der Waals surface area contributed by atoms with Gasteiger partial charge in [-0.3, -0.25) is 4.79 Å². The van der Waals surface area contributed by atoms with E-state index < -0.39 is 0 Å². The monoisotopic (exact) mass is 285 g/mol. The fourth-order valence-corrected chi connectivity index (χ4v) is 3.09. The first kappa shape index (κ1) is 12.8. The number of fused-ring (bicyclic) bond motifs is 3. The fourth-order valence-electron chi connectivity index (χ4n) is 3.09. The van der Waals surface area contributed by atoms with Crippen molar-refractivity contribution in [1.29, 1.82) is 0 Å². The Kier molecular flexibility index (Phi) is 2.83. The summed E-state index contributed by atoms with van der Waals surface area (Å²) in [5.74, 6) is 0.0732. The van der Waals surface area contributed by atoms with Crippen molar-refractivity contribution in [3.63, 3.8) is 0 Å². The summed E-state index contributed by atoms with van der Waals surface area (Å²) in [6.45, 7) is 2.03. The number of pyridine rings is 1. The second-order valence-electron chi connectivity index (χ2n) is 5.56. The minimum atomic E-state index is 0.0732. The van der Waals surface area contributed by atoms with Gasteiger partial charge in [0.25, 0.3) is 0 Å². The third-order valence-electron chi connectivity index (χ3n) is 4.11. The first-order valence-corrected chi connectivity index (χ1v) is 7.35. The van der Waals surface area contributed by atoms with Crippen molar-refractivity contribution in [2.24, 2.45) is 0 Å². The Morgan fingerprint density at radius 1 is 0.864 bits per heavy atom. The zero-order valence-corrected chi connectivity index (χ0v) is 12.3. The summed E-state index contributed by atoms with van der Waals surface area (Å²) in [7, 11) is 0. The van der Waals surface area contributed by atoms with Crippen LogP contribution in [-0.2, 0) is 0 Å². The maximum absolute atomic E-state index is 13.0. The maximum atomic E-state index is 13.0. The van der Waals surface area contributed by atoms with Gasteiger partial charge in [-0.1, -0.05) is 54.6 Å². The Morgan fingerprint density at radius 2 is 1.55 bits per heavy atom. The van der Waals surface area contributed by atoms with Crippen LogP contribution in [0.4, 0.5) is 0 Å². The number of ketones is 1. The topological polar surface area (TPSA) is 32.9 Å². The molecule has 0 radical (unpaired) electrons. The summed E-state index contributed by atoms with van der Waals surface area (Å²) in [4.78, 5) is 16.2. The maximum Gasteiger partial charge on any atom is 0.194 e. The molecule has 1 heterocycles. The third kappa shape index (κ3) is 1.85. The number of benzene rings is 2. The van der Waals surface area contributed by atoms with Gasteiger partial charge in [0.1, 0.15) is 0 Å².